The molecule has 1 aliphatic rings. The SMILES string of the molecule is COc1cccc(N2C[C@@H](C)N(C(=O)c3nc4ccccc4[nH]c3=O)CC2=O)c1. The van der Waals surface area contributed by atoms with Crippen molar-refractivity contribution in [3.8, 4) is 5.75 Å². The van der Waals surface area contributed by atoms with Crippen molar-refractivity contribution in [3.63, 3.8) is 0 Å². The summed E-state index contributed by atoms with van der Waals surface area (Å²) in [5.41, 5.74) is 1.00. The molecule has 8 nitrogen and oxygen atoms in total. The first-order valence-corrected chi connectivity index (χ1v) is 9.22. The van der Waals surface area contributed by atoms with Gasteiger partial charge in [0.1, 0.15) is 12.3 Å². The minimum absolute atomic E-state index is 0.134. The molecule has 0 aliphatic carbocycles. The fraction of sp³-hybridized carbons (Fsp3) is 0.238. The van der Waals surface area contributed by atoms with Gasteiger partial charge in [0.25, 0.3) is 11.5 Å². The van der Waals surface area contributed by atoms with Crippen molar-refractivity contribution in [2.75, 3.05) is 25.1 Å². The van der Waals surface area contributed by atoms with Crippen molar-refractivity contribution in [3.05, 3.63) is 64.6 Å². The van der Waals surface area contributed by atoms with Crippen molar-refractivity contribution >= 4 is 28.5 Å². The van der Waals surface area contributed by atoms with Gasteiger partial charge in [0.05, 0.1) is 18.1 Å². The van der Waals surface area contributed by atoms with Crippen molar-refractivity contribution < 1.29 is 14.3 Å². The van der Waals surface area contributed by atoms with Gasteiger partial charge in [-0.1, -0.05) is 18.2 Å². The van der Waals surface area contributed by atoms with Gasteiger partial charge in [-0.25, -0.2) is 4.98 Å². The Morgan fingerprint density at radius 2 is 1.97 bits per heavy atom. The number of carbonyl (C=O) groups is 2. The van der Waals surface area contributed by atoms with Crippen LogP contribution in [0.15, 0.2) is 53.3 Å². The number of methoxy groups -OCH3 is 1. The lowest BCUT2D eigenvalue weighted by Crippen LogP contribution is -2.57. The maximum Gasteiger partial charge on any atom is 0.280 e. The van der Waals surface area contributed by atoms with E-state index in [9.17, 15) is 14.4 Å². The van der Waals surface area contributed by atoms with Gasteiger partial charge in [-0.2, -0.15) is 0 Å². The standard InChI is InChI=1S/C21H20N4O4/c1-13-11-25(14-6-5-7-15(10-14)29-2)18(26)12-24(13)21(28)19-20(27)23-17-9-4-3-8-16(17)22-19/h3-10,13H,11-12H2,1-2H3,(H,23,27)/t13-/m1/s1. The normalized spacial score (nSPS) is 16.9. The highest BCUT2D eigenvalue weighted by atomic mass is 16.5. The Morgan fingerprint density at radius 1 is 1.17 bits per heavy atom. The van der Waals surface area contributed by atoms with E-state index >= 15 is 0 Å². The molecule has 8 heteroatoms. The Morgan fingerprint density at radius 3 is 2.76 bits per heavy atom. The van der Waals surface area contributed by atoms with E-state index in [2.05, 4.69) is 9.97 Å². The Balaban J connectivity index is 1.61. The number of benzene rings is 2. The molecule has 2 aromatic carbocycles. The molecule has 3 aromatic rings. The molecule has 1 atom stereocenters. The molecule has 29 heavy (non-hydrogen) atoms. The monoisotopic (exact) mass is 392 g/mol. The summed E-state index contributed by atoms with van der Waals surface area (Å²) in [5.74, 6) is -0.140. The first-order chi connectivity index (χ1) is 14.0. The third kappa shape index (κ3) is 3.44. The summed E-state index contributed by atoms with van der Waals surface area (Å²) in [6.07, 6.45) is 0. The highest BCUT2D eigenvalue weighted by Crippen LogP contribution is 2.24. The molecule has 148 valence electrons. The number of nitrogens with zero attached hydrogens (tertiary/aromatic N) is 3. The zero-order valence-corrected chi connectivity index (χ0v) is 16.1. The first-order valence-electron chi connectivity index (χ1n) is 9.22. The molecule has 0 bridgehead atoms. The maximum absolute atomic E-state index is 13.0. The average Bonchev–Trinajstić information content (AvgIpc) is 2.74. The van der Waals surface area contributed by atoms with Gasteiger partial charge in [0, 0.05) is 24.3 Å². The maximum atomic E-state index is 13.0. The van der Waals surface area contributed by atoms with Gasteiger partial charge in [0.2, 0.25) is 5.91 Å². The lowest BCUT2D eigenvalue weighted by molar-refractivity contribution is -0.121. The largest absolute Gasteiger partial charge is 0.497 e. The molecule has 2 amide bonds. The van der Waals surface area contributed by atoms with E-state index in [-0.39, 0.29) is 24.2 Å². The molecule has 0 saturated carbocycles. The Bertz CT molecular complexity index is 1160. The van der Waals surface area contributed by atoms with Gasteiger partial charge in [-0.3, -0.25) is 14.4 Å². The molecular formula is C21H20N4O4. The average molecular weight is 392 g/mol. The van der Waals surface area contributed by atoms with Crippen LogP contribution in [-0.2, 0) is 4.79 Å². The number of anilines is 1. The first kappa shape index (κ1) is 18.7. The highest BCUT2D eigenvalue weighted by molar-refractivity contribution is 6.01. The van der Waals surface area contributed by atoms with Crippen molar-refractivity contribution in [2.45, 2.75) is 13.0 Å². The number of amides is 2. The Hall–Kier alpha value is -3.68. The Labute approximate surface area is 166 Å². The van der Waals surface area contributed by atoms with Crippen LogP contribution in [0.4, 0.5) is 5.69 Å². The number of rotatable bonds is 3. The van der Waals surface area contributed by atoms with Crippen LogP contribution in [0.2, 0.25) is 0 Å². The lowest BCUT2D eigenvalue weighted by atomic mass is 10.1. The quantitative estimate of drug-likeness (QED) is 0.733. The fourth-order valence-electron chi connectivity index (χ4n) is 3.46. The molecule has 0 unspecified atom stereocenters. The number of nitrogens with one attached hydrogen (secondary N) is 1. The second-order valence-electron chi connectivity index (χ2n) is 6.92. The zero-order chi connectivity index (χ0) is 20.5. The summed E-state index contributed by atoms with van der Waals surface area (Å²) in [6, 6.07) is 13.9. The number of aromatic nitrogens is 2. The van der Waals surface area contributed by atoms with Gasteiger partial charge in [-0.05, 0) is 31.2 Å². The van der Waals surface area contributed by atoms with Crippen molar-refractivity contribution in [1.82, 2.24) is 14.9 Å². The van der Waals surface area contributed by atoms with E-state index in [1.54, 1.807) is 48.4 Å². The number of carbonyl (C=O) groups excluding carboxylic acids is 2. The molecule has 1 saturated heterocycles. The number of ether oxygens (including phenoxy) is 1. The highest BCUT2D eigenvalue weighted by Gasteiger charge is 2.35. The van der Waals surface area contributed by atoms with Crippen LogP contribution in [0.1, 0.15) is 17.4 Å². The summed E-state index contributed by atoms with van der Waals surface area (Å²) in [4.78, 5) is 48.1. The van der Waals surface area contributed by atoms with Crippen molar-refractivity contribution in [1.29, 1.82) is 0 Å². The van der Waals surface area contributed by atoms with Crippen LogP contribution in [0.25, 0.3) is 11.0 Å². The second kappa shape index (κ2) is 7.38. The topological polar surface area (TPSA) is 95.6 Å². The molecule has 4 rings (SSSR count). The zero-order valence-electron chi connectivity index (χ0n) is 16.1. The number of H-pyrrole nitrogens is 1. The summed E-state index contributed by atoms with van der Waals surface area (Å²) in [7, 11) is 1.56. The summed E-state index contributed by atoms with van der Waals surface area (Å²) >= 11 is 0. The molecule has 1 aromatic heterocycles. The fourth-order valence-corrected chi connectivity index (χ4v) is 3.46. The number of fused-ring (bicyclic) bond motifs is 1. The van der Waals surface area contributed by atoms with Gasteiger partial charge < -0.3 is 19.5 Å². The number of hydrogen-bond acceptors (Lipinski definition) is 5. The molecule has 0 spiro atoms. The minimum atomic E-state index is -0.566. The third-order valence-corrected chi connectivity index (χ3v) is 5.01. The lowest BCUT2D eigenvalue weighted by Gasteiger charge is -2.39. The van der Waals surface area contributed by atoms with E-state index < -0.39 is 11.5 Å². The summed E-state index contributed by atoms with van der Waals surface area (Å²) in [5, 5.41) is 0. The molecule has 2 heterocycles. The van der Waals surface area contributed by atoms with Crippen LogP contribution in [0.5, 0.6) is 5.75 Å². The predicted molar refractivity (Wildman–Crippen MR) is 108 cm³/mol. The van der Waals surface area contributed by atoms with E-state index in [0.29, 0.717) is 29.0 Å². The van der Waals surface area contributed by atoms with Crippen LogP contribution in [0.3, 0.4) is 0 Å². The van der Waals surface area contributed by atoms with E-state index in [1.807, 2.05) is 19.1 Å². The van der Waals surface area contributed by atoms with E-state index in [0.717, 1.165) is 0 Å². The number of piperazine rings is 1. The molecule has 1 N–H and O–H groups in total. The molecule has 0 radical (unpaired) electrons. The molecule has 1 aliphatic heterocycles. The van der Waals surface area contributed by atoms with Crippen LogP contribution in [0, 0.1) is 0 Å². The summed E-state index contributed by atoms with van der Waals surface area (Å²) in [6.45, 7) is 2.02. The van der Waals surface area contributed by atoms with Crippen LogP contribution < -0.4 is 15.2 Å². The van der Waals surface area contributed by atoms with Gasteiger partial charge in [-0.15, -0.1) is 0 Å². The second-order valence-corrected chi connectivity index (χ2v) is 6.92. The number of hydrogen-bond donors (Lipinski definition) is 1. The third-order valence-electron chi connectivity index (χ3n) is 5.01. The minimum Gasteiger partial charge on any atom is -0.497 e. The van der Waals surface area contributed by atoms with Gasteiger partial charge in [0.15, 0.2) is 5.69 Å². The Kier molecular flexibility index (Phi) is 4.75. The van der Waals surface area contributed by atoms with Crippen LogP contribution >= 0.6 is 0 Å². The predicted octanol–water partition coefficient (Wildman–Crippen LogP) is 1.81. The van der Waals surface area contributed by atoms with Crippen LogP contribution in [-0.4, -0.2) is 52.9 Å². The van der Waals surface area contributed by atoms with Gasteiger partial charge >= 0.3 is 0 Å². The van der Waals surface area contributed by atoms with E-state index in [1.165, 1.54) is 4.90 Å². The van der Waals surface area contributed by atoms with E-state index in [4.69, 9.17) is 4.74 Å². The smallest absolute Gasteiger partial charge is 0.280 e. The molecule has 1 fully saturated rings. The number of para-hydroxylation sites is 2. The van der Waals surface area contributed by atoms with Crippen molar-refractivity contribution in [2.24, 2.45) is 0 Å². The summed E-state index contributed by atoms with van der Waals surface area (Å²) < 4.78 is 5.22. The number of aromatic amines is 1. The molecular weight excluding hydrogens is 372 g/mol.